The van der Waals surface area contributed by atoms with Gasteiger partial charge < -0.3 is 10.1 Å². The third-order valence-electron chi connectivity index (χ3n) is 5.95. The number of ketones is 1. The number of Topliss-reactive ketones (excluding diaryl/α,β-unsaturated/α-hetero) is 1. The van der Waals surface area contributed by atoms with Crippen LogP contribution in [-0.2, 0) is 4.79 Å². The summed E-state index contributed by atoms with van der Waals surface area (Å²) in [6.07, 6.45) is 1.38. The second-order valence-corrected chi connectivity index (χ2v) is 8.86. The minimum absolute atomic E-state index is 0.0577. The molecule has 1 unspecified atom stereocenters. The van der Waals surface area contributed by atoms with Crippen LogP contribution in [0.4, 0.5) is 5.82 Å². The monoisotopic (exact) mass is 399 g/mol. The van der Waals surface area contributed by atoms with E-state index < -0.39 is 0 Å². The highest BCUT2D eigenvalue weighted by molar-refractivity contribution is 6.00. The van der Waals surface area contributed by atoms with E-state index in [4.69, 9.17) is 9.84 Å². The topological polar surface area (TPSA) is 56.1 Å². The average molecular weight is 399 g/mol. The fourth-order valence-corrected chi connectivity index (χ4v) is 4.57. The van der Waals surface area contributed by atoms with Gasteiger partial charge in [0.2, 0.25) is 0 Å². The summed E-state index contributed by atoms with van der Waals surface area (Å²) in [5.74, 6) is 1.90. The van der Waals surface area contributed by atoms with Crippen molar-refractivity contribution in [2.75, 3.05) is 12.4 Å². The molecule has 5 heteroatoms. The zero-order chi connectivity index (χ0) is 20.9. The normalized spacial score (nSPS) is 19.7. The van der Waals surface area contributed by atoms with Crippen LogP contribution in [0.15, 0.2) is 71.9 Å². The van der Waals surface area contributed by atoms with Crippen LogP contribution in [0.25, 0.3) is 11.3 Å². The van der Waals surface area contributed by atoms with E-state index >= 15 is 0 Å². The number of rotatable bonds is 3. The fraction of sp³-hybridized carbons (Fsp3) is 0.280. The molecular formula is C25H25N3O2. The smallest absolute Gasteiger partial charge is 0.163 e. The second kappa shape index (κ2) is 6.87. The summed E-state index contributed by atoms with van der Waals surface area (Å²) in [7, 11) is 1.66. The summed E-state index contributed by atoms with van der Waals surface area (Å²) in [5, 5.41) is 8.45. The molecule has 30 heavy (non-hydrogen) atoms. The molecule has 0 saturated carbocycles. The van der Waals surface area contributed by atoms with Crippen molar-refractivity contribution in [3.05, 3.63) is 77.5 Å². The minimum atomic E-state index is -0.247. The van der Waals surface area contributed by atoms with Crippen molar-refractivity contribution in [2.24, 2.45) is 5.41 Å². The van der Waals surface area contributed by atoms with Crippen LogP contribution in [0.2, 0.25) is 0 Å². The maximum atomic E-state index is 13.3. The number of nitrogens with one attached hydrogen (secondary N) is 1. The molecule has 152 valence electrons. The zero-order valence-electron chi connectivity index (χ0n) is 17.5. The van der Waals surface area contributed by atoms with E-state index in [0.29, 0.717) is 6.42 Å². The molecule has 0 bridgehead atoms. The summed E-state index contributed by atoms with van der Waals surface area (Å²) in [6, 6.07) is 19.9. The minimum Gasteiger partial charge on any atom is -0.497 e. The van der Waals surface area contributed by atoms with Gasteiger partial charge in [-0.25, -0.2) is 4.68 Å². The van der Waals surface area contributed by atoms with Gasteiger partial charge in [0.25, 0.3) is 0 Å². The van der Waals surface area contributed by atoms with Crippen LogP contribution in [0, 0.1) is 5.41 Å². The molecule has 1 N–H and O–H groups in total. The Balaban J connectivity index is 1.67. The number of ether oxygens (including phenoxy) is 1. The lowest BCUT2D eigenvalue weighted by Gasteiger charge is -2.38. The highest BCUT2D eigenvalue weighted by Crippen LogP contribution is 2.46. The van der Waals surface area contributed by atoms with Crippen molar-refractivity contribution in [2.45, 2.75) is 32.7 Å². The predicted octanol–water partition coefficient (Wildman–Crippen LogP) is 5.22. The first-order valence-electron chi connectivity index (χ1n) is 10.3. The molecule has 2 aromatic carbocycles. The van der Waals surface area contributed by atoms with Crippen molar-refractivity contribution < 1.29 is 9.53 Å². The molecule has 0 fully saturated rings. The van der Waals surface area contributed by atoms with Gasteiger partial charge in [-0.05, 0) is 29.5 Å². The van der Waals surface area contributed by atoms with Gasteiger partial charge in [0, 0.05) is 29.3 Å². The van der Waals surface area contributed by atoms with Crippen LogP contribution in [0.1, 0.15) is 38.3 Å². The van der Waals surface area contributed by atoms with E-state index in [-0.39, 0.29) is 17.2 Å². The highest BCUT2D eigenvalue weighted by atomic mass is 16.5. The van der Waals surface area contributed by atoms with Gasteiger partial charge in [0.15, 0.2) is 5.78 Å². The number of carbonyl (C=O) groups excluding carboxylic acids is 1. The van der Waals surface area contributed by atoms with E-state index in [2.05, 4.69) is 37.4 Å². The first-order valence-corrected chi connectivity index (χ1v) is 10.3. The lowest BCUT2D eigenvalue weighted by molar-refractivity contribution is -0.118. The van der Waals surface area contributed by atoms with E-state index in [1.165, 1.54) is 0 Å². The van der Waals surface area contributed by atoms with E-state index in [0.717, 1.165) is 46.1 Å². The van der Waals surface area contributed by atoms with Crippen LogP contribution in [-0.4, -0.2) is 22.7 Å². The number of carbonyl (C=O) groups is 1. The standard InChI is InChI=1S/C25H25N3O2/c1-25(2)14-20-23(21(29)15-25)24(17-9-11-18(30-3)12-10-17)28-22(26-20)13-19(27-28)16-7-5-4-6-8-16/h4-13,24,26H,14-15H2,1-3H3. The Morgan fingerprint density at radius 2 is 1.80 bits per heavy atom. The maximum Gasteiger partial charge on any atom is 0.163 e. The first-order chi connectivity index (χ1) is 14.4. The summed E-state index contributed by atoms with van der Waals surface area (Å²) in [4.78, 5) is 13.3. The quantitative estimate of drug-likeness (QED) is 0.656. The van der Waals surface area contributed by atoms with Gasteiger partial charge in [-0.15, -0.1) is 0 Å². The molecule has 1 aromatic heterocycles. The zero-order valence-corrected chi connectivity index (χ0v) is 17.5. The molecule has 5 nitrogen and oxygen atoms in total. The first kappa shape index (κ1) is 18.7. The van der Waals surface area contributed by atoms with Gasteiger partial charge in [0.05, 0.1) is 12.8 Å². The Kier molecular flexibility index (Phi) is 4.28. The van der Waals surface area contributed by atoms with E-state index in [1.54, 1.807) is 7.11 Å². The third kappa shape index (κ3) is 3.11. The average Bonchev–Trinajstić information content (AvgIpc) is 3.16. The van der Waals surface area contributed by atoms with Gasteiger partial charge in [-0.3, -0.25) is 4.79 Å². The molecule has 0 spiro atoms. The Hall–Kier alpha value is -3.34. The lowest BCUT2D eigenvalue weighted by atomic mass is 9.73. The Morgan fingerprint density at radius 1 is 1.07 bits per heavy atom. The SMILES string of the molecule is COc1ccc(C2C3=C(CC(C)(C)CC3=O)Nc3cc(-c4ccccc4)nn32)cc1. The molecule has 0 radical (unpaired) electrons. The molecule has 3 aromatic rings. The van der Waals surface area contributed by atoms with Crippen molar-refractivity contribution in [3.63, 3.8) is 0 Å². The molecule has 1 atom stereocenters. The van der Waals surface area contributed by atoms with Crippen molar-refractivity contribution in [1.82, 2.24) is 9.78 Å². The van der Waals surface area contributed by atoms with E-state index in [9.17, 15) is 4.79 Å². The summed E-state index contributed by atoms with van der Waals surface area (Å²) in [6.45, 7) is 4.31. The Labute approximate surface area is 176 Å². The van der Waals surface area contributed by atoms with Gasteiger partial charge in [-0.2, -0.15) is 5.10 Å². The number of nitrogens with zero attached hydrogens (tertiary/aromatic N) is 2. The van der Waals surface area contributed by atoms with Crippen LogP contribution in [0.5, 0.6) is 5.75 Å². The number of methoxy groups -OCH3 is 1. The number of hydrogen-bond acceptors (Lipinski definition) is 4. The lowest BCUT2D eigenvalue weighted by Crippen LogP contribution is -2.36. The maximum absolute atomic E-state index is 13.3. The fourth-order valence-electron chi connectivity index (χ4n) is 4.57. The number of benzene rings is 2. The molecule has 2 heterocycles. The Bertz CT molecular complexity index is 1140. The summed E-state index contributed by atoms with van der Waals surface area (Å²) < 4.78 is 7.29. The molecule has 5 rings (SSSR count). The summed E-state index contributed by atoms with van der Waals surface area (Å²) in [5.41, 5.74) is 4.76. The number of aromatic nitrogens is 2. The van der Waals surface area contributed by atoms with Crippen LogP contribution >= 0.6 is 0 Å². The van der Waals surface area contributed by atoms with Gasteiger partial charge in [-0.1, -0.05) is 56.3 Å². The number of hydrogen-bond donors (Lipinski definition) is 1. The van der Waals surface area contributed by atoms with Gasteiger partial charge >= 0.3 is 0 Å². The number of anilines is 1. The largest absolute Gasteiger partial charge is 0.497 e. The molecule has 1 aliphatic heterocycles. The highest BCUT2D eigenvalue weighted by Gasteiger charge is 2.41. The third-order valence-corrected chi connectivity index (χ3v) is 5.95. The van der Waals surface area contributed by atoms with Crippen LogP contribution < -0.4 is 10.1 Å². The van der Waals surface area contributed by atoms with E-state index in [1.807, 2.05) is 47.1 Å². The molecule has 0 saturated heterocycles. The summed E-state index contributed by atoms with van der Waals surface area (Å²) >= 11 is 0. The molecular weight excluding hydrogens is 374 g/mol. The van der Waals surface area contributed by atoms with Crippen molar-refractivity contribution in [1.29, 1.82) is 0 Å². The Morgan fingerprint density at radius 3 is 2.50 bits per heavy atom. The van der Waals surface area contributed by atoms with Gasteiger partial charge in [0.1, 0.15) is 17.6 Å². The van der Waals surface area contributed by atoms with Crippen molar-refractivity contribution in [3.8, 4) is 17.0 Å². The molecule has 0 amide bonds. The molecule has 1 aliphatic carbocycles. The number of allylic oxidation sites excluding steroid dienone is 2. The number of fused-ring (bicyclic) bond motifs is 1. The predicted molar refractivity (Wildman–Crippen MR) is 117 cm³/mol. The second-order valence-electron chi connectivity index (χ2n) is 8.86. The molecule has 2 aliphatic rings. The van der Waals surface area contributed by atoms with Crippen molar-refractivity contribution >= 4 is 11.6 Å². The van der Waals surface area contributed by atoms with Crippen LogP contribution in [0.3, 0.4) is 0 Å².